The Hall–Kier alpha value is -1.60. The number of rotatable bonds is 4. The molecule has 0 bridgehead atoms. The minimum absolute atomic E-state index is 0.368. The van der Waals surface area contributed by atoms with Gasteiger partial charge in [0.2, 0.25) is 0 Å². The van der Waals surface area contributed by atoms with Crippen LogP contribution in [0.4, 0.5) is 5.69 Å². The van der Waals surface area contributed by atoms with Gasteiger partial charge in [0.05, 0.1) is 12.5 Å². The third kappa shape index (κ3) is 4.83. The summed E-state index contributed by atoms with van der Waals surface area (Å²) in [5, 5.41) is 15.5. The van der Waals surface area contributed by atoms with Crippen molar-refractivity contribution >= 4 is 23.0 Å². The maximum atomic E-state index is 8.56. The van der Waals surface area contributed by atoms with E-state index in [1.165, 1.54) is 0 Å². The van der Waals surface area contributed by atoms with Gasteiger partial charge in [-0.05, 0) is 43.3 Å². The number of nitrogens with zero attached hydrogens (tertiary/aromatic N) is 1. The van der Waals surface area contributed by atoms with Crippen molar-refractivity contribution < 1.29 is 0 Å². The zero-order chi connectivity index (χ0) is 12.7. The van der Waals surface area contributed by atoms with Crippen molar-refractivity contribution in [1.82, 2.24) is 5.32 Å². The normalized spacial score (nSPS) is 11.4. The van der Waals surface area contributed by atoms with Gasteiger partial charge in [-0.3, -0.25) is 0 Å². The predicted molar refractivity (Wildman–Crippen MR) is 74.9 cm³/mol. The minimum atomic E-state index is 0.368. The van der Waals surface area contributed by atoms with Crippen molar-refractivity contribution in [2.24, 2.45) is 0 Å². The molecule has 1 rings (SSSR count). The molecule has 0 amide bonds. The maximum absolute atomic E-state index is 8.56. The van der Waals surface area contributed by atoms with E-state index >= 15 is 0 Å². The molecule has 0 heterocycles. The lowest BCUT2D eigenvalue weighted by atomic mass is 10.1. The molecule has 4 heteroatoms. The number of nitrogens with one attached hydrogen (secondary N) is 2. The molecule has 0 aliphatic heterocycles. The van der Waals surface area contributed by atoms with Gasteiger partial charge < -0.3 is 10.6 Å². The van der Waals surface area contributed by atoms with Gasteiger partial charge in [-0.1, -0.05) is 19.1 Å². The zero-order valence-electron chi connectivity index (χ0n) is 10.2. The largest absolute Gasteiger partial charge is 0.360 e. The molecule has 1 atom stereocenters. The van der Waals surface area contributed by atoms with E-state index in [4.69, 9.17) is 17.5 Å². The molecule has 1 aromatic rings. The van der Waals surface area contributed by atoms with E-state index in [9.17, 15) is 0 Å². The summed E-state index contributed by atoms with van der Waals surface area (Å²) < 4.78 is 0. The highest BCUT2D eigenvalue weighted by atomic mass is 32.1. The Morgan fingerprint density at radius 1 is 1.41 bits per heavy atom. The van der Waals surface area contributed by atoms with Crippen LogP contribution in [0.1, 0.15) is 25.8 Å². The molecule has 0 radical (unpaired) electrons. The van der Waals surface area contributed by atoms with E-state index in [1.54, 1.807) is 0 Å². The summed E-state index contributed by atoms with van der Waals surface area (Å²) >= 11 is 5.19. The molecule has 3 nitrogen and oxygen atoms in total. The molecule has 0 aromatic heterocycles. The van der Waals surface area contributed by atoms with Crippen molar-refractivity contribution in [1.29, 1.82) is 5.26 Å². The molecular formula is C13H17N3S. The number of hydrogen-bond donors (Lipinski definition) is 2. The van der Waals surface area contributed by atoms with Crippen LogP contribution in [-0.4, -0.2) is 11.2 Å². The summed E-state index contributed by atoms with van der Waals surface area (Å²) in [6.45, 7) is 4.20. The number of thiocarbonyl (C=S) groups is 1. The summed E-state index contributed by atoms with van der Waals surface area (Å²) in [4.78, 5) is 0. The van der Waals surface area contributed by atoms with Crippen LogP contribution in [0, 0.1) is 11.3 Å². The van der Waals surface area contributed by atoms with Crippen LogP contribution in [0.5, 0.6) is 0 Å². The number of anilines is 1. The molecule has 1 aromatic carbocycles. The third-order valence-corrected chi connectivity index (χ3v) is 2.70. The van der Waals surface area contributed by atoms with Crippen LogP contribution < -0.4 is 10.6 Å². The topological polar surface area (TPSA) is 47.8 Å². The first-order valence-electron chi connectivity index (χ1n) is 5.69. The Labute approximate surface area is 108 Å². The summed E-state index contributed by atoms with van der Waals surface area (Å²) in [5.74, 6) is 0. The SMILES string of the molecule is CC[C@@H](C)NC(=S)Nc1ccc(CC#N)cc1. The first-order valence-corrected chi connectivity index (χ1v) is 6.10. The number of nitriles is 1. The van der Waals surface area contributed by atoms with Crippen LogP contribution in [0.3, 0.4) is 0 Å². The monoisotopic (exact) mass is 247 g/mol. The second kappa shape index (κ2) is 6.87. The Morgan fingerprint density at radius 2 is 2.06 bits per heavy atom. The van der Waals surface area contributed by atoms with Crippen LogP contribution in [0.25, 0.3) is 0 Å². The fourth-order valence-electron chi connectivity index (χ4n) is 1.29. The van der Waals surface area contributed by atoms with Crippen molar-refractivity contribution in [3.63, 3.8) is 0 Å². The van der Waals surface area contributed by atoms with Crippen molar-refractivity contribution in [2.75, 3.05) is 5.32 Å². The van der Waals surface area contributed by atoms with E-state index in [2.05, 4.69) is 30.6 Å². The van der Waals surface area contributed by atoms with Gasteiger partial charge in [-0.25, -0.2) is 0 Å². The van der Waals surface area contributed by atoms with E-state index in [0.29, 0.717) is 17.6 Å². The fourth-order valence-corrected chi connectivity index (χ4v) is 1.61. The molecule has 0 aliphatic rings. The lowest BCUT2D eigenvalue weighted by molar-refractivity contribution is 0.646. The first kappa shape index (κ1) is 13.5. The number of hydrogen-bond acceptors (Lipinski definition) is 2. The lowest BCUT2D eigenvalue weighted by Crippen LogP contribution is -2.35. The fraction of sp³-hybridized carbons (Fsp3) is 0.385. The predicted octanol–water partition coefficient (Wildman–Crippen LogP) is 2.84. The van der Waals surface area contributed by atoms with Gasteiger partial charge in [0.1, 0.15) is 0 Å². The van der Waals surface area contributed by atoms with E-state index < -0.39 is 0 Å². The van der Waals surface area contributed by atoms with Crippen molar-refractivity contribution in [2.45, 2.75) is 32.7 Å². The zero-order valence-corrected chi connectivity index (χ0v) is 11.0. The second-order valence-corrected chi connectivity index (χ2v) is 4.35. The molecule has 2 N–H and O–H groups in total. The van der Waals surface area contributed by atoms with Gasteiger partial charge in [0.25, 0.3) is 0 Å². The Bertz CT molecular complexity index is 406. The molecule has 0 spiro atoms. The van der Waals surface area contributed by atoms with Crippen LogP contribution >= 0.6 is 12.2 Å². The average Bonchev–Trinajstić information content (AvgIpc) is 2.31. The summed E-state index contributed by atoms with van der Waals surface area (Å²) in [6, 6.07) is 10.2. The first-order chi connectivity index (χ1) is 8.15. The van der Waals surface area contributed by atoms with Crippen LogP contribution in [0.15, 0.2) is 24.3 Å². The minimum Gasteiger partial charge on any atom is -0.360 e. The van der Waals surface area contributed by atoms with E-state index in [0.717, 1.165) is 17.7 Å². The molecule has 0 saturated heterocycles. The van der Waals surface area contributed by atoms with Crippen molar-refractivity contribution in [3.05, 3.63) is 29.8 Å². The van der Waals surface area contributed by atoms with E-state index in [-0.39, 0.29) is 0 Å². The third-order valence-electron chi connectivity index (χ3n) is 2.48. The quantitative estimate of drug-likeness (QED) is 0.803. The highest BCUT2D eigenvalue weighted by Gasteiger charge is 2.01. The van der Waals surface area contributed by atoms with Gasteiger partial charge >= 0.3 is 0 Å². The summed E-state index contributed by atoms with van der Waals surface area (Å²) in [7, 11) is 0. The van der Waals surface area contributed by atoms with Gasteiger partial charge in [-0.2, -0.15) is 5.26 Å². The van der Waals surface area contributed by atoms with E-state index in [1.807, 2.05) is 24.3 Å². The van der Waals surface area contributed by atoms with Gasteiger partial charge in [0.15, 0.2) is 5.11 Å². The highest BCUT2D eigenvalue weighted by Crippen LogP contribution is 2.09. The lowest BCUT2D eigenvalue weighted by Gasteiger charge is -2.15. The Kier molecular flexibility index (Phi) is 5.44. The van der Waals surface area contributed by atoms with Gasteiger partial charge in [-0.15, -0.1) is 0 Å². The molecular weight excluding hydrogens is 230 g/mol. The molecule has 0 aliphatic carbocycles. The smallest absolute Gasteiger partial charge is 0.170 e. The summed E-state index contributed by atoms with van der Waals surface area (Å²) in [6.07, 6.45) is 1.47. The van der Waals surface area contributed by atoms with Crippen LogP contribution in [-0.2, 0) is 6.42 Å². The summed E-state index contributed by atoms with van der Waals surface area (Å²) in [5.41, 5.74) is 1.95. The van der Waals surface area contributed by atoms with Gasteiger partial charge in [0, 0.05) is 11.7 Å². The number of benzene rings is 1. The molecule has 0 saturated carbocycles. The maximum Gasteiger partial charge on any atom is 0.170 e. The highest BCUT2D eigenvalue weighted by molar-refractivity contribution is 7.80. The molecule has 90 valence electrons. The van der Waals surface area contributed by atoms with Crippen molar-refractivity contribution in [3.8, 4) is 6.07 Å². The Morgan fingerprint density at radius 3 is 2.59 bits per heavy atom. The standard InChI is InChI=1S/C13H17N3S/c1-3-10(2)15-13(17)16-12-6-4-11(5-7-12)8-9-14/h4-7,10H,3,8H2,1-2H3,(H2,15,16,17)/t10-/m1/s1. The molecule has 17 heavy (non-hydrogen) atoms. The van der Waals surface area contributed by atoms with Crippen LogP contribution in [0.2, 0.25) is 0 Å². The molecule has 0 unspecified atom stereocenters. The molecule has 0 fully saturated rings. The second-order valence-electron chi connectivity index (χ2n) is 3.94. The Balaban J connectivity index is 2.52. The average molecular weight is 247 g/mol.